The fourth-order valence-electron chi connectivity index (χ4n) is 2.53. The van der Waals surface area contributed by atoms with Crippen LogP contribution >= 0.6 is 11.6 Å². The SMILES string of the molecule is CC1CCCC1(CO)Nc1ccc(Cl)cc1. The third kappa shape index (κ3) is 2.18. The van der Waals surface area contributed by atoms with Crippen LogP contribution in [0.3, 0.4) is 0 Å². The molecule has 0 radical (unpaired) electrons. The summed E-state index contributed by atoms with van der Waals surface area (Å²) < 4.78 is 0. The first kappa shape index (κ1) is 11.7. The maximum Gasteiger partial charge on any atom is 0.0664 e. The van der Waals surface area contributed by atoms with Gasteiger partial charge in [-0.1, -0.05) is 24.9 Å². The molecule has 1 aromatic carbocycles. The van der Waals surface area contributed by atoms with Crippen molar-refractivity contribution in [1.29, 1.82) is 0 Å². The molecule has 0 spiro atoms. The van der Waals surface area contributed by atoms with Crippen LogP contribution in [0.2, 0.25) is 5.02 Å². The second-order valence-electron chi connectivity index (χ2n) is 4.74. The highest BCUT2D eigenvalue weighted by Crippen LogP contribution is 2.37. The molecule has 2 nitrogen and oxygen atoms in total. The minimum atomic E-state index is -0.145. The molecule has 1 aliphatic carbocycles. The lowest BCUT2D eigenvalue weighted by Gasteiger charge is -2.34. The molecule has 1 aromatic rings. The molecule has 3 heteroatoms. The van der Waals surface area contributed by atoms with Crippen molar-refractivity contribution in [2.75, 3.05) is 11.9 Å². The number of halogens is 1. The first-order valence-corrected chi connectivity index (χ1v) is 6.19. The highest BCUT2D eigenvalue weighted by atomic mass is 35.5. The Kier molecular flexibility index (Phi) is 3.41. The van der Waals surface area contributed by atoms with Gasteiger partial charge in [-0.3, -0.25) is 0 Å². The normalized spacial score (nSPS) is 29.3. The number of aliphatic hydroxyl groups excluding tert-OH is 1. The maximum absolute atomic E-state index is 9.61. The van der Waals surface area contributed by atoms with Gasteiger partial charge in [0, 0.05) is 10.7 Å². The zero-order valence-corrected chi connectivity index (χ0v) is 10.3. The summed E-state index contributed by atoms with van der Waals surface area (Å²) in [6.07, 6.45) is 3.40. The summed E-state index contributed by atoms with van der Waals surface area (Å²) in [6.45, 7) is 2.39. The van der Waals surface area contributed by atoms with Gasteiger partial charge in [0.25, 0.3) is 0 Å². The quantitative estimate of drug-likeness (QED) is 0.848. The minimum Gasteiger partial charge on any atom is -0.394 e. The zero-order valence-electron chi connectivity index (χ0n) is 9.54. The molecule has 1 saturated carbocycles. The molecule has 0 amide bonds. The van der Waals surface area contributed by atoms with Crippen LogP contribution in [0.4, 0.5) is 5.69 Å². The third-order valence-electron chi connectivity index (χ3n) is 3.72. The molecule has 2 N–H and O–H groups in total. The van der Waals surface area contributed by atoms with E-state index in [-0.39, 0.29) is 12.1 Å². The van der Waals surface area contributed by atoms with Crippen LogP contribution in [0.15, 0.2) is 24.3 Å². The Morgan fingerprint density at radius 3 is 2.62 bits per heavy atom. The van der Waals surface area contributed by atoms with Crippen molar-refractivity contribution in [3.8, 4) is 0 Å². The standard InChI is InChI=1S/C13H18ClNO/c1-10-3-2-8-13(10,9-16)15-12-6-4-11(14)5-7-12/h4-7,10,15-16H,2-3,8-9H2,1H3. The summed E-state index contributed by atoms with van der Waals surface area (Å²) in [4.78, 5) is 0. The van der Waals surface area contributed by atoms with Crippen molar-refractivity contribution in [1.82, 2.24) is 0 Å². The van der Waals surface area contributed by atoms with Gasteiger partial charge in [-0.2, -0.15) is 0 Å². The van der Waals surface area contributed by atoms with E-state index in [1.807, 2.05) is 24.3 Å². The second-order valence-corrected chi connectivity index (χ2v) is 5.18. The van der Waals surface area contributed by atoms with E-state index in [1.54, 1.807) is 0 Å². The Bertz CT molecular complexity index is 351. The first-order chi connectivity index (χ1) is 7.66. The molecule has 0 saturated heterocycles. The fourth-order valence-corrected chi connectivity index (χ4v) is 2.65. The molecule has 2 rings (SSSR count). The van der Waals surface area contributed by atoms with E-state index in [9.17, 15) is 5.11 Å². The largest absolute Gasteiger partial charge is 0.394 e. The molecule has 0 bridgehead atoms. The number of rotatable bonds is 3. The minimum absolute atomic E-state index is 0.145. The van der Waals surface area contributed by atoms with Gasteiger partial charge in [0.1, 0.15) is 0 Å². The molecule has 1 aliphatic rings. The molecule has 16 heavy (non-hydrogen) atoms. The highest BCUT2D eigenvalue weighted by Gasteiger charge is 2.39. The fraction of sp³-hybridized carbons (Fsp3) is 0.538. The summed E-state index contributed by atoms with van der Waals surface area (Å²) in [7, 11) is 0. The van der Waals surface area contributed by atoms with Crippen LogP contribution in [0, 0.1) is 5.92 Å². The van der Waals surface area contributed by atoms with Crippen LogP contribution < -0.4 is 5.32 Å². The van der Waals surface area contributed by atoms with Crippen LogP contribution in [-0.4, -0.2) is 17.3 Å². The van der Waals surface area contributed by atoms with E-state index >= 15 is 0 Å². The number of hydrogen-bond acceptors (Lipinski definition) is 2. The van der Waals surface area contributed by atoms with Gasteiger partial charge in [0.05, 0.1) is 12.1 Å². The summed E-state index contributed by atoms with van der Waals surface area (Å²) in [5.41, 5.74) is 0.889. The van der Waals surface area contributed by atoms with E-state index < -0.39 is 0 Å². The summed E-state index contributed by atoms with van der Waals surface area (Å²) >= 11 is 5.85. The van der Waals surface area contributed by atoms with Gasteiger partial charge < -0.3 is 10.4 Å². The predicted octanol–water partition coefficient (Wildman–Crippen LogP) is 3.30. The van der Waals surface area contributed by atoms with Gasteiger partial charge in [0.15, 0.2) is 0 Å². The molecule has 0 aromatic heterocycles. The van der Waals surface area contributed by atoms with E-state index in [4.69, 9.17) is 11.6 Å². The maximum atomic E-state index is 9.61. The lowest BCUT2D eigenvalue weighted by Crippen LogP contribution is -2.44. The number of hydrogen-bond donors (Lipinski definition) is 2. The monoisotopic (exact) mass is 239 g/mol. The van der Waals surface area contributed by atoms with Crippen molar-refractivity contribution in [2.24, 2.45) is 5.92 Å². The Morgan fingerprint density at radius 1 is 1.44 bits per heavy atom. The second kappa shape index (κ2) is 4.64. The summed E-state index contributed by atoms with van der Waals surface area (Å²) in [5.74, 6) is 0.508. The van der Waals surface area contributed by atoms with Crippen LogP contribution in [0.25, 0.3) is 0 Å². The van der Waals surface area contributed by atoms with Crippen molar-refractivity contribution in [2.45, 2.75) is 31.7 Å². The van der Waals surface area contributed by atoms with Crippen molar-refractivity contribution in [3.63, 3.8) is 0 Å². The zero-order chi connectivity index (χ0) is 11.6. The first-order valence-electron chi connectivity index (χ1n) is 5.81. The Balaban J connectivity index is 2.15. The van der Waals surface area contributed by atoms with Gasteiger partial charge in [-0.15, -0.1) is 0 Å². The molecule has 1 fully saturated rings. The molecular formula is C13H18ClNO. The summed E-state index contributed by atoms with van der Waals surface area (Å²) in [5, 5.41) is 13.8. The van der Waals surface area contributed by atoms with E-state index in [0.29, 0.717) is 5.92 Å². The van der Waals surface area contributed by atoms with Gasteiger partial charge >= 0.3 is 0 Å². The van der Waals surface area contributed by atoms with Crippen molar-refractivity contribution < 1.29 is 5.11 Å². The Labute approximate surface area is 102 Å². The van der Waals surface area contributed by atoms with Crippen LogP contribution in [0.1, 0.15) is 26.2 Å². The molecule has 0 heterocycles. The summed E-state index contributed by atoms with van der Waals surface area (Å²) in [6, 6.07) is 7.67. The third-order valence-corrected chi connectivity index (χ3v) is 3.97. The number of benzene rings is 1. The molecule has 88 valence electrons. The van der Waals surface area contributed by atoms with Gasteiger partial charge in [-0.05, 0) is 43.0 Å². The van der Waals surface area contributed by atoms with E-state index in [1.165, 1.54) is 12.8 Å². The Morgan fingerprint density at radius 2 is 2.12 bits per heavy atom. The lowest BCUT2D eigenvalue weighted by molar-refractivity contribution is 0.184. The smallest absolute Gasteiger partial charge is 0.0664 e. The van der Waals surface area contributed by atoms with Crippen LogP contribution in [-0.2, 0) is 0 Å². The lowest BCUT2D eigenvalue weighted by atomic mass is 9.89. The molecule has 0 aliphatic heterocycles. The number of aliphatic hydroxyl groups is 1. The van der Waals surface area contributed by atoms with Crippen molar-refractivity contribution >= 4 is 17.3 Å². The number of nitrogens with one attached hydrogen (secondary N) is 1. The van der Waals surface area contributed by atoms with E-state index in [0.717, 1.165) is 17.1 Å². The molecular weight excluding hydrogens is 222 g/mol. The molecule has 2 atom stereocenters. The topological polar surface area (TPSA) is 32.3 Å². The van der Waals surface area contributed by atoms with Crippen LogP contribution in [0.5, 0.6) is 0 Å². The Hall–Kier alpha value is -0.730. The van der Waals surface area contributed by atoms with E-state index in [2.05, 4.69) is 12.2 Å². The van der Waals surface area contributed by atoms with Gasteiger partial charge in [0.2, 0.25) is 0 Å². The average molecular weight is 240 g/mol. The number of anilines is 1. The molecule has 2 unspecified atom stereocenters. The van der Waals surface area contributed by atoms with Crippen molar-refractivity contribution in [3.05, 3.63) is 29.3 Å². The average Bonchev–Trinajstić information content (AvgIpc) is 2.64. The van der Waals surface area contributed by atoms with Gasteiger partial charge in [-0.25, -0.2) is 0 Å². The predicted molar refractivity (Wildman–Crippen MR) is 67.9 cm³/mol. The highest BCUT2D eigenvalue weighted by molar-refractivity contribution is 6.30.